The average molecular weight is 339 g/mol. The summed E-state index contributed by atoms with van der Waals surface area (Å²) >= 11 is 6.00. The molecule has 0 saturated carbocycles. The Morgan fingerprint density at radius 1 is 1.13 bits per heavy atom. The van der Waals surface area contributed by atoms with Gasteiger partial charge in [0.2, 0.25) is 5.91 Å². The number of rotatable bonds is 5. The number of nitrogens with two attached hydrogens (primary N) is 1. The van der Waals surface area contributed by atoms with E-state index in [1.54, 1.807) is 24.3 Å². The standard InChI is InChI=1S/C16H13ClF2N2O2/c17-11-6-2-1-4-9(11)8-13(15(20)22)21-16(23)10-5-3-7-12(18)14(10)19/h1-7,13H,8H2,(H2,20,22)(H,21,23)/t13-/m0/s1. The van der Waals surface area contributed by atoms with E-state index < -0.39 is 35.1 Å². The van der Waals surface area contributed by atoms with E-state index >= 15 is 0 Å². The third kappa shape index (κ3) is 4.04. The lowest BCUT2D eigenvalue weighted by molar-refractivity contribution is -0.119. The Morgan fingerprint density at radius 2 is 1.83 bits per heavy atom. The van der Waals surface area contributed by atoms with Gasteiger partial charge in [-0.3, -0.25) is 9.59 Å². The Labute approximate surface area is 136 Å². The molecule has 0 saturated heterocycles. The monoisotopic (exact) mass is 338 g/mol. The molecule has 0 spiro atoms. The molecule has 0 bridgehead atoms. The second-order valence-electron chi connectivity index (χ2n) is 4.83. The topological polar surface area (TPSA) is 72.2 Å². The van der Waals surface area contributed by atoms with E-state index in [9.17, 15) is 18.4 Å². The first-order valence-electron chi connectivity index (χ1n) is 6.67. The van der Waals surface area contributed by atoms with Gasteiger partial charge in [-0.1, -0.05) is 35.9 Å². The minimum absolute atomic E-state index is 0.0394. The molecule has 0 aromatic heterocycles. The van der Waals surface area contributed by atoms with E-state index in [0.717, 1.165) is 12.1 Å². The summed E-state index contributed by atoms with van der Waals surface area (Å²) in [6.07, 6.45) is 0.0394. The molecule has 2 aromatic rings. The van der Waals surface area contributed by atoms with Crippen molar-refractivity contribution in [2.75, 3.05) is 0 Å². The number of halogens is 3. The maximum Gasteiger partial charge on any atom is 0.255 e. The number of carbonyl (C=O) groups is 2. The van der Waals surface area contributed by atoms with Gasteiger partial charge < -0.3 is 11.1 Å². The highest BCUT2D eigenvalue weighted by molar-refractivity contribution is 6.31. The van der Waals surface area contributed by atoms with Crippen molar-refractivity contribution < 1.29 is 18.4 Å². The Bertz CT molecular complexity index is 753. The van der Waals surface area contributed by atoms with Gasteiger partial charge in [-0.25, -0.2) is 8.78 Å². The van der Waals surface area contributed by atoms with Gasteiger partial charge in [-0.2, -0.15) is 0 Å². The second-order valence-corrected chi connectivity index (χ2v) is 5.23. The number of amides is 2. The predicted molar refractivity (Wildman–Crippen MR) is 82.0 cm³/mol. The number of benzene rings is 2. The quantitative estimate of drug-likeness (QED) is 0.879. The molecule has 0 aliphatic heterocycles. The van der Waals surface area contributed by atoms with Gasteiger partial charge in [0.05, 0.1) is 5.56 Å². The minimum Gasteiger partial charge on any atom is -0.368 e. The average Bonchev–Trinajstić information content (AvgIpc) is 2.51. The summed E-state index contributed by atoms with van der Waals surface area (Å²) in [4.78, 5) is 23.6. The predicted octanol–water partition coefficient (Wildman–Crippen LogP) is 2.44. The van der Waals surface area contributed by atoms with Crippen LogP contribution in [0.3, 0.4) is 0 Å². The van der Waals surface area contributed by atoms with Crippen molar-refractivity contribution in [2.45, 2.75) is 12.5 Å². The Morgan fingerprint density at radius 3 is 2.48 bits per heavy atom. The molecular formula is C16H13ClF2N2O2. The van der Waals surface area contributed by atoms with Crippen LogP contribution in [-0.4, -0.2) is 17.9 Å². The fourth-order valence-corrected chi connectivity index (χ4v) is 2.23. The minimum atomic E-state index is -1.29. The summed E-state index contributed by atoms with van der Waals surface area (Å²) in [6, 6.07) is 8.82. The molecule has 2 rings (SSSR count). The molecule has 0 aliphatic carbocycles. The highest BCUT2D eigenvalue weighted by Gasteiger charge is 2.23. The summed E-state index contributed by atoms with van der Waals surface area (Å²) in [5.41, 5.74) is 5.36. The molecule has 23 heavy (non-hydrogen) atoms. The first-order valence-corrected chi connectivity index (χ1v) is 7.05. The van der Waals surface area contributed by atoms with Crippen LogP contribution in [0, 0.1) is 11.6 Å². The van der Waals surface area contributed by atoms with Crippen LogP contribution in [0.1, 0.15) is 15.9 Å². The molecule has 2 amide bonds. The second kappa shape index (κ2) is 7.19. The summed E-state index contributed by atoms with van der Waals surface area (Å²) in [5, 5.41) is 2.71. The molecule has 0 fully saturated rings. The Balaban J connectivity index is 2.20. The molecule has 0 aliphatic rings. The van der Waals surface area contributed by atoms with Gasteiger partial charge in [0.25, 0.3) is 5.91 Å². The van der Waals surface area contributed by atoms with Gasteiger partial charge in [-0.05, 0) is 23.8 Å². The van der Waals surface area contributed by atoms with Crippen LogP contribution >= 0.6 is 11.6 Å². The molecular weight excluding hydrogens is 326 g/mol. The third-order valence-corrected chi connectivity index (χ3v) is 3.60. The van der Waals surface area contributed by atoms with Gasteiger partial charge in [0.15, 0.2) is 11.6 Å². The molecule has 0 radical (unpaired) electrons. The Kier molecular flexibility index (Phi) is 5.28. The maximum absolute atomic E-state index is 13.6. The normalized spacial score (nSPS) is 11.8. The molecule has 7 heteroatoms. The zero-order valence-corrected chi connectivity index (χ0v) is 12.6. The van der Waals surface area contributed by atoms with E-state index in [1.165, 1.54) is 6.07 Å². The summed E-state index contributed by atoms with van der Waals surface area (Å²) in [6.45, 7) is 0. The zero-order valence-electron chi connectivity index (χ0n) is 11.9. The van der Waals surface area contributed by atoms with Crippen LogP contribution in [0.15, 0.2) is 42.5 Å². The number of primary amides is 1. The van der Waals surface area contributed by atoms with Crippen molar-refractivity contribution in [1.29, 1.82) is 0 Å². The lowest BCUT2D eigenvalue weighted by Gasteiger charge is -2.16. The fraction of sp³-hybridized carbons (Fsp3) is 0.125. The van der Waals surface area contributed by atoms with Crippen LogP contribution in [-0.2, 0) is 11.2 Å². The molecule has 3 N–H and O–H groups in total. The van der Waals surface area contributed by atoms with Crippen molar-refractivity contribution in [2.24, 2.45) is 5.73 Å². The number of hydrogen-bond acceptors (Lipinski definition) is 2. The highest BCUT2D eigenvalue weighted by Crippen LogP contribution is 2.17. The van der Waals surface area contributed by atoms with E-state index in [-0.39, 0.29) is 6.42 Å². The van der Waals surface area contributed by atoms with Crippen molar-refractivity contribution in [3.05, 3.63) is 70.2 Å². The van der Waals surface area contributed by atoms with Crippen molar-refractivity contribution in [3.63, 3.8) is 0 Å². The number of carbonyl (C=O) groups excluding carboxylic acids is 2. The van der Waals surface area contributed by atoms with Gasteiger partial charge in [-0.15, -0.1) is 0 Å². The van der Waals surface area contributed by atoms with Crippen LogP contribution in [0.25, 0.3) is 0 Å². The number of hydrogen-bond donors (Lipinski definition) is 2. The molecule has 0 unspecified atom stereocenters. The summed E-state index contributed by atoms with van der Waals surface area (Å²) in [7, 11) is 0. The summed E-state index contributed by atoms with van der Waals surface area (Å²) < 4.78 is 26.8. The first kappa shape index (κ1) is 16.9. The molecule has 1 atom stereocenters. The molecule has 120 valence electrons. The van der Waals surface area contributed by atoms with Gasteiger partial charge in [0.1, 0.15) is 6.04 Å². The smallest absolute Gasteiger partial charge is 0.255 e. The molecule has 0 heterocycles. The largest absolute Gasteiger partial charge is 0.368 e. The van der Waals surface area contributed by atoms with E-state index in [1.807, 2.05) is 0 Å². The fourth-order valence-electron chi connectivity index (χ4n) is 2.02. The lowest BCUT2D eigenvalue weighted by Crippen LogP contribution is -2.46. The zero-order chi connectivity index (χ0) is 17.0. The van der Waals surface area contributed by atoms with Crippen molar-refractivity contribution in [1.82, 2.24) is 5.32 Å². The first-order chi connectivity index (χ1) is 10.9. The molecule has 2 aromatic carbocycles. The van der Waals surface area contributed by atoms with Crippen molar-refractivity contribution >= 4 is 23.4 Å². The van der Waals surface area contributed by atoms with Gasteiger partial charge >= 0.3 is 0 Å². The van der Waals surface area contributed by atoms with E-state index in [4.69, 9.17) is 17.3 Å². The maximum atomic E-state index is 13.6. The number of nitrogens with one attached hydrogen (secondary N) is 1. The molecule has 4 nitrogen and oxygen atoms in total. The van der Waals surface area contributed by atoms with Crippen molar-refractivity contribution in [3.8, 4) is 0 Å². The Hall–Kier alpha value is -2.47. The van der Waals surface area contributed by atoms with Crippen LogP contribution in [0.5, 0.6) is 0 Å². The lowest BCUT2D eigenvalue weighted by atomic mass is 10.0. The van der Waals surface area contributed by atoms with Crippen LogP contribution in [0.4, 0.5) is 8.78 Å². The van der Waals surface area contributed by atoms with Gasteiger partial charge in [0, 0.05) is 11.4 Å². The SMILES string of the molecule is NC(=O)[C@H](Cc1ccccc1Cl)NC(=O)c1cccc(F)c1F. The third-order valence-electron chi connectivity index (χ3n) is 3.23. The summed E-state index contributed by atoms with van der Waals surface area (Å²) in [5.74, 6) is -4.18. The van der Waals surface area contributed by atoms with Crippen LogP contribution in [0.2, 0.25) is 5.02 Å². The van der Waals surface area contributed by atoms with E-state index in [0.29, 0.717) is 10.6 Å². The van der Waals surface area contributed by atoms with E-state index in [2.05, 4.69) is 5.32 Å². The van der Waals surface area contributed by atoms with Crippen LogP contribution < -0.4 is 11.1 Å². The highest BCUT2D eigenvalue weighted by atomic mass is 35.5.